The number of aromatic amines is 1. The SMILES string of the molecule is Cc1cc(-c2cc(-c3cccc(C(=O)NCc4ccncc4)c3)[nH]c(=O)n2)ccc1O. The Kier molecular flexibility index (Phi) is 5.57. The maximum Gasteiger partial charge on any atom is 0.345 e. The number of phenols is 1. The Morgan fingerprint density at radius 1 is 1.03 bits per heavy atom. The van der Waals surface area contributed by atoms with Crippen LogP contribution in [-0.2, 0) is 6.54 Å². The minimum absolute atomic E-state index is 0.180. The van der Waals surface area contributed by atoms with Crippen molar-refractivity contribution in [1.82, 2.24) is 20.3 Å². The number of carbonyl (C=O) groups excluding carboxylic acids is 1. The number of aromatic nitrogens is 3. The number of carbonyl (C=O) groups is 1. The van der Waals surface area contributed by atoms with Crippen LogP contribution in [-0.4, -0.2) is 26.0 Å². The molecule has 0 spiro atoms. The second kappa shape index (κ2) is 8.62. The first-order chi connectivity index (χ1) is 15.0. The molecule has 0 fully saturated rings. The Hall–Kier alpha value is -4.26. The largest absolute Gasteiger partial charge is 0.508 e. The molecule has 3 N–H and O–H groups in total. The fourth-order valence-corrected chi connectivity index (χ4v) is 3.19. The number of rotatable bonds is 5. The number of benzene rings is 2. The Morgan fingerprint density at radius 3 is 2.61 bits per heavy atom. The highest BCUT2D eigenvalue weighted by atomic mass is 16.3. The highest BCUT2D eigenvalue weighted by Gasteiger charge is 2.10. The van der Waals surface area contributed by atoms with Gasteiger partial charge in [0.1, 0.15) is 5.75 Å². The maximum absolute atomic E-state index is 12.6. The van der Waals surface area contributed by atoms with Crippen molar-refractivity contribution in [3.8, 4) is 28.3 Å². The highest BCUT2D eigenvalue weighted by molar-refractivity contribution is 5.95. The number of hydrogen-bond acceptors (Lipinski definition) is 5. The van der Waals surface area contributed by atoms with Crippen LogP contribution in [0.5, 0.6) is 5.75 Å². The van der Waals surface area contributed by atoms with Gasteiger partial charge in [0.25, 0.3) is 5.91 Å². The quantitative estimate of drug-likeness (QED) is 0.465. The van der Waals surface area contributed by atoms with Gasteiger partial charge in [0, 0.05) is 30.1 Å². The molecule has 0 saturated carbocycles. The molecule has 4 aromatic rings. The van der Waals surface area contributed by atoms with Crippen molar-refractivity contribution in [3.05, 3.63) is 100 Å². The molecule has 0 unspecified atom stereocenters. The van der Waals surface area contributed by atoms with Crippen molar-refractivity contribution in [2.24, 2.45) is 0 Å². The molecule has 0 aliphatic carbocycles. The summed E-state index contributed by atoms with van der Waals surface area (Å²) in [4.78, 5) is 35.5. The van der Waals surface area contributed by atoms with E-state index in [0.717, 1.165) is 5.56 Å². The van der Waals surface area contributed by atoms with E-state index in [4.69, 9.17) is 0 Å². The number of aryl methyl sites for hydroxylation is 1. The van der Waals surface area contributed by atoms with E-state index < -0.39 is 5.69 Å². The summed E-state index contributed by atoms with van der Waals surface area (Å²) in [5.74, 6) is -0.0382. The number of phenolic OH excluding ortho intramolecular Hbond substituents is 1. The van der Waals surface area contributed by atoms with Crippen LogP contribution in [0.15, 0.2) is 77.9 Å². The summed E-state index contributed by atoms with van der Waals surface area (Å²) in [6.45, 7) is 2.17. The van der Waals surface area contributed by atoms with Crippen molar-refractivity contribution < 1.29 is 9.90 Å². The minimum Gasteiger partial charge on any atom is -0.508 e. The average molecular weight is 412 g/mol. The topological polar surface area (TPSA) is 108 Å². The fraction of sp³-hybridized carbons (Fsp3) is 0.0833. The summed E-state index contributed by atoms with van der Waals surface area (Å²) in [7, 11) is 0. The second-order valence-electron chi connectivity index (χ2n) is 7.11. The molecule has 7 nitrogen and oxygen atoms in total. The lowest BCUT2D eigenvalue weighted by Gasteiger charge is -2.09. The van der Waals surface area contributed by atoms with Gasteiger partial charge in [0.2, 0.25) is 0 Å². The lowest BCUT2D eigenvalue weighted by molar-refractivity contribution is 0.0951. The van der Waals surface area contributed by atoms with E-state index in [9.17, 15) is 14.7 Å². The summed E-state index contributed by atoms with van der Waals surface area (Å²) >= 11 is 0. The molecule has 0 radical (unpaired) electrons. The van der Waals surface area contributed by atoms with Gasteiger partial charge in [-0.1, -0.05) is 12.1 Å². The molecule has 2 heterocycles. The van der Waals surface area contributed by atoms with Gasteiger partial charge in [0.15, 0.2) is 0 Å². The van der Waals surface area contributed by atoms with Crippen LogP contribution in [0.25, 0.3) is 22.5 Å². The third kappa shape index (κ3) is 4.67. The Morgan fingerprint density at radius 2 is 1.84 bits per heavy atom. The van der Waals surface area contributed by atoms with Crippen molar-refractivity contribution >= 4 is 5.91 Å². The summed E-state index contributed by atoms with van der Waals surface area (Å²) < 4.78 is 0. The zero-order chi connectivity index (χ0) is 21.8. The standard InChI is InChI=1S/C24H20N4O3/c1-15-11-18(5-6-22(15)29)21-13-20(27-24(31)28-21)17-3-2-4-19(12-17)23(30)26-14-16-7-9-25-10-8-16/h2-13,29H,14H2,1H3,(H,26,30)(H,27,28,31). The highest BCUT2D eigenvalue weighted by Crippen LogP contribution is 2.26. The maximum atomic E-state index is 12.6. The van der Waals surface area contributed by atoms with Crippen molar-refractivity contribution in [3.63, 3.8) is 0 Å². The van der Waals surface area contributed by atoms with Crippen LogP contribution in [0.3, 0.4) is 0 Å². The van der Waals surface area contributed by atoms with Gasteiger partial charge in [-0.05, 0) is 72.1 Å². The molecule has 31 heavy (non-hydrogen) atoms. The number of nitrogens with one attached hydrogen (secondary N) is 2. The lowest BCUT2D eigenvalue weighted by atomic mass is 10.0. The van der Waals surface area contributed by atoms with E-state index in [0.29, 0.717) is 40.2 Å². The number of nitrogens with zero attached hydrogens (tertiary/aromatic N) is 2. The van der Waals surface area contributed by atoms with Gasteiger partial charge in [0.05, 0.1) is 11.4 Å². The molecule has 4 rings (SSSR count). The first-order valence-corrected chi connectivity index (χ1v) is 9.68. The van der Waals surface area contributed by atoms with E-state index in [1.807, 2.05) is 18.2 Å². The van der Waals surface area contributed by atoms with Gasteiger partial charge in [-0.3, -0.25) is 9.78 Å². The van der Waals surface area contributed by atoms with Gasteiger partial charge >= 0.3 is 5.69 Å². The van der Waals surface area contributed by atoms with E-state index in [1.54, 1.807) is 61.8 Å². The minimum atomic E-state index is -0.495. The molecule has 7 heteroatoms. The zero-order valence-electron chi connectivity index (χ0n) is 16.8. The molecular weight excluding hydrogens is 392 g/mol. The van der Waals surface area contributed by atoms with Gasteiger partial charge in [-0.25, -0.2) is 4.79 Å². The summed E-state index contributed by atoms with van der Waals surface area (Å²) in [5, 5.41) is 12.6. The molecule has 0 aliphatic heterocycles. The molecule has 0 saturated heterocycles. The average Bonchev–Trinajstić information content (AvgIpc) is 2.79. The van der Waals surface area contributed by atoms with Crippen LogP contribution < -0.4 is 11.0 Å². The van der Waals surface area contributed by atoms with Crippen molar-refractivity contribution in [2.75, 3.05) is 0 Å². The molecule has 2 aromatic heterocycles. The van der Waals surface area contributed by atoms with Gasteiger partial charge < -0.3 is 15.4 Å². The van der Waals surface area contributed by atoms with Gasteiger partial charge in [-0.2, -0.15) is 4.98 Å². The van der Waals surface area contributed by atoms with Crippen LogP contribution >= 0.6 is 0 Å². The molecule has 2 aromatic carbocycles. The van der Waals surface area contributed by atoms with E-state index >= 15 is 0 Å². The first-order valence-electron chi connectivity index (χ1n) is 9.68. The fourth-order valence-electron chi connectivity index (χ4n) is 3.19. The van der Waals surface area contributed by atoms with Crippen LogP contribution in [0.4, 0.5) is 0 Å². The zero-order valence-corrected chi connectivity index (χ0v) is 16.8. The van der Waals surface area contributed by atoms with E-state index in [-0.39, 0.29) is 11.7 Å². The predicted molar refractivity (Wildman–Crippen MR) is 118 cm³/mol. The third-order valence-electron chi connectivity index (χ3n) is 4.88. The predicted octanol–water partition coefficient (Wildman–Crippen LogP) is 3.44. The summed E-state index contributed by atoms with van der Waals surface area (Å²) in [6.07, 6.45) is 3.35. The lowest BCUT2D eigenvalue weighted by Crippen LogP contribution is -2.22. The number of aromatic hydroxyl groups is 1. The van der Waals surface area contributed by atoms with Gasteiger partial charge in [-0.15, -0.1) is 0 Å². The van der Waals surface area contributed by atoms with Crippen molar-refractivity contribution in [1.29, 1.82) is 0 Å². The Bertz CT molecular complexity index is 1300. The second-order valence-corrected chi connectivity index (χ2v) is 7.11. The number of amides is 1. The van der Waals surface area contributed by atoms with Crippen LogP contribution in [0, 0.1) is 6.92 Å². The van der Waals surface area contributed by atoms with Crippen molar-refractivity contribution in [2.45, 2.75) is 13.5 Å². The molecule has 0 bridgehead atoms. The van der Waals surface area contributed by atoms with E-state index in [1.165, 1.54) is 0 Å². The molecule has 154 valence electrons. The Balaban J connectivity index is 1.61. The first kappa shape index (κ1) is 20.0. The molecule has 0 atom stereocenters. The number of pyridine rings is 1. The molecular formula is C24H20N4O3. The number of H-pyrrole nitrogens is 1. The van der Waals surface area contributed by atoms with Crippen LogP contribution in [0.1, 0.15) is 21.5 Å². The molecule has 0 aliphatic rings. The summed E-state index contributed by atoms with van der Waals surface area (Å²) in [6, 6.07) is 17.5. The van der Waals surface area contributed by atoms with E-state index in [2.05, 4.69) is 20.3 Å². The summed E-state index contributed by atoms with van der Waals surface area (Å²) in [5.41, 5.74) is 4.05. The van der Waals surface area contributed by atoms with Crippen LogP contribution in [0.2, 0.25) is 0 Å². The normalized spacial score (nSPS) is 10.6. The number of hydrogen-bond donors (Lipinski definition) is 3. The monoisotopic (exact) mass is 412 g/mol. The third-order valence-corrected chi connectivity index (χ3v) is 4.88. The molecule has 1 amide bonds. The Labute approximate surface area is 178 Å². The smallest absolute Gasteiger partial charge is 0.345 e.